The molecule has 2 aromatic rings. The Kier molecular flexibility index (Phi) is 6.74. The predicted molar refractivity (Wildman–Crippen MR) is 111 cm³/mol. The lowest BCUT2D eigenvalue weighted by Gasteiger charge is -2.25. The van der Waals surface area contributed by atoms with Gasteiger partial charge in [0, 0.05) is 20.3 Å². The molecule has 1 amide bonds. The molecule has 1 aliphatic rings. The zero-order valence-electron chi connectivity index (χ0n) is 17.3. The number of carbonyl (C=O) groups excluding carboxylic acids is 2. The molecule has 158 valence electrons. The Hall–Kier alpha value is -3.32. The number of ketones is 1. The number of nitrogens with zero attached hydrogens (tertiary/aromatic N) is 1. The van der Waals surface area contributed by atoms with Crippen LogP contribution in [-0.4, -0.2) is 56.2 Å². The number of hydrogen-bond acceptors (Lipinski definition) is 6. The fourth-order valence-electron chi connectivity index (χ4n) is 3.62. The van der Waals surface area contributed by atoms with Crippen LogP contribution in [0.5, 0.6) is 11.5 Å². The van der Waals surface area contributed by atoms with E-state index in [0.29, 0.717) is 31.1 Å². The number of likely N-dealkylation sites (tertiary alicyclic amines) is 1. The molecule has 0 aromatic heterocycles. The molecule has 0 radical (unpaired) electrons. The SMILES string of the molecule is COCCCN1C(=O)C(=O)/C(=C(/O)c2cc(OC)ccc2OC)C1c1ccccc1. The average molecular weight is 411 g/mol. The van der Waals surface area contributed by atoms with Crippen LogP contribution in [0.4, 0.5) is 0 Å². The van der Waals surface area contributed by atoms with Crippen LogP contribution in [0.1, 0.15) is 23.6 Å². The Balaban J connectivity index is 2.17. The number of ether oxygens (including phenoxy) is 3. The van der Waals surface area contributed by atoms with Crippen LogP contribution in [0.15, 0.2) is 54.1 Å². The lowest BCUT2D eigenvalue weighted by molar-refractivity contribution is -0.140. The molecule has 0 saturated carbocycles. The number of Topliss-reactive ketones (excluding diaryl/α,β-unsaturated/α-hetero) is 1. The fourth-order valence-corrected chi connectivity index (χ4v) is 3.62. The van der Waals surface area contributed by atoms with E-state index in [1.165, 1.54) is 19.1 Å². The van der Waals surface area contributed by atoms with E-state index < -0.39 is 17.7 Å². The molecular formula is C23H25NO6. The van der Waals surface area contributed by atoms with Gasteiger partial charge in [0.25, 0.3) is 11.7 Å². The van der Waals surface area contributed by atoms with Crippen LogP contribution >= 0.6 is 0 Å². The van der Waals surface area contributed by atoms with Crippen molar-refractivity contribution >= 4 is 17.4 Å². The molecule has 0 spiro atoms. The number of rotatable bonds is 8. The molecule has 1 N–H and O–H groups in total. The Morgan fingerprint density at radius 1 is 1.03 bits per heavy atom. The van der Waals surface area contributed by atoms with Crippen molar-refractivity contribution in [3.8, 4) is 11.5 Å². The zero-order valence-corrected chi connectivity index (χ0v) is 17.3. The van der Waals surface area contributed by atoms with Crippen LogP contribution in [-0.2, 0) is 14.3 Å². The van der Waals surface area contributed by atoms with Gasteiger partial charge in [-0.3, -0.25) is 9.59 Å². The van der Waals surface area contributed by atoms with Gasteiger partial charge in [0.05, 0.1) is 31.4 Å². The first kappa shape index (κ1) is 21.4. The topological polar surface area (TPSA) is 85.3 Å². The second-order valence-corrected chi connectivity index (χ2v) is 6.82. The summed E-state index contributed by atoms with van der Waals surface area (Å²) in [5, 5.41) is 11.2. The first-order valence-electron chi connectivity index (χ1n) is 9.58. The molecule has 7 nitrogen and oxygen atoms in total. The van der Waals surface area contributed by atoms with Gasteiger partial charge in [-0.05, 0) is 30.2 Å². The van der Waals surface area contributed by atoms with Crippen LogP contribution in [0.3, 0.4) is 0 Å². The largest absolute Gasteiger partial charge is 0.507 e. The van der Waals surface area contributed by atoms with Gasteiger partial charge in [0.1, 0.15) is 17.3 Å². The van der Waals surface area contributed by atoms with E-state index in [4.69, 9.17) is 14.2 Å². The van der Waals surface area contributed by atoms with Crippen molar-refractivity contribution in [2.45, 2.75) is 12.5 Å². The molecule has 0 bridgehead atoms. The smallest absolute Gasteiger partial charge is 0.295 e. The number of aliphatic hydroxyl groups excluding tert-OH is 1. The lowest BCUT2D eigenvalue weighted by Crippen LogP contribution is -2.31. The van der Waals surface area contributed by atoms with Gasteiger partial charge in [0.2, 0.25) is 0 Å². The molecule has 1 atom stereocenters. The summed E-state index contributed by atoms with van der Waals surface area (Å²) in [5.41, 5.74) is 1.04. The van der Waals surface area contributed by atoms with E-state index in [2.05, 4.69) is 0 Å². The summed E-state index contributed by atoms with van der Waals surface area (Å²) in [6, 6.07) is 13.4. The highest BCUT2D eigenvalue weighted by Crippen LogP contribution is 2.41. The fraction of sp³-hybridized carbons (Fsp3) is 0.304. The molecule has 2 aromatic carbocycles. The van der Waals surface area contributed by atoms with E-state index in [9.17, 15) is 14.7 Å². The number of carbonyl (C=O) groups is 2. The number of hydrogen-bond donors (Lipinski definition) is 1. The minimum atomic E-state index is -0.733. The number of benzene rings is 2. The van der Waals surface area contributed by atoms with E-state index >= 15 is 0 Å². The van der Waals surface area contributed by atoms with Gasteiger partial charge in [-0.25, -0.2) is 0 Å². The van der Waals surface area contributed by atoms with E-state index in [1.807, 2.05) is 30.3 Å². The van der Waals surface area contributed by atoms with E-state index in [1.54, 1.807) is 25.3 Å². The summed E-state index contributed by atoms with van der Waals surface area (Å²) in [6.07, 6.45) is 0.565. The molecule has 30 heavy (non-hydrogen) atoms. The Bertz CT molecular complexity index is 953. The highest BCUT2D eigenvalue weighted by atomic mass is 16.5. The van der Waals surface area contributed by atoms with Gasteiger partial charge >= 0.3 is 0 Å². The molecule has 1 fully saturated rings. The standard InChI is InChI=1S/C23H25NO6/c1-28-13-7-12-24-20(15-8-5-4-6-9-15)19(22(26)23(24)27)21(25)17-14-16(29-2)10-11-18(17)30-3/h4-6,8-11,14,20,25H,7,12-13H2,1-3H3/b21-19+. The summed E-state index contributed by atoms with van der Waals surface area (Å²) in [6.45, 7) is 0.776. The number of aliphatic hydroxyl groups is 1. The predicted octanol–water partition coefficient (Wildman–Crippen LogP) is 3.16. The summed E-state index contributed by atoms with van der Waals surface area (Å²) in [7, 11) is 4.55. The molecule has 3 rings (SSSR count). The van der Waals surface area contributed by atoms with Gasteiger partial charge in [-0.2, -0.15) is 0 Å². The molecule has 1 heterocycles. The molecule has 1 aliphatic heterocycles. The highest BCUT2D eigenvalue weighted by molar-refractivity contribution is 6.46. The van der Waals surface area contributed by atoms with E-state index in [-0.39, 0.29) is 16.9 Å². The van der Waals surface area contributed by atoms with Crippen LogP contribution < -0.4 is 9.47 Å². The minimum Gasteiger partial charge on any atom is -0.507 e. The maximum absolute atomic E-state index is 13.0. The molecule has 1 saturated heterocycles. The van der Waals surface area contributed by atoms with E-state index in [0.717, 1.165) is 5.56 Å². The second kappa shape index (κ2) is 9.45. The van der Waals surface area contributed by atoms with Gasteiger partial charge < -0.3 is 24.2 Å². The number of methoxy groups -OCH3 is 3. The lowest BCUT2D eigenvalue weighted by atomic mass is 9.95. The van der Waals surface area contributed by atoms with Crippen molar-refractivity contribution in [1.82, 2.24) is 4.90 Å². The first-order chi connectivity index (χ1) is 14.5. The molecule has 1 unspecified atom stereocenters. The average Bonchev–Trinajstić information content (AvgIpc) is 3.04. The summed E-state index contributed by atoms with van der Waals surface area (Å²) < 4.78 is 15.7. The maximum Gasteiger partial charge on any atom is 0.295 e. The second-order valence-electron chi connectivity index (χ2n) is 6.82. The van der Waals surface area contributed by atoms with Gasteiger partial charge in [0.15, 0.2) is 0 Å². The van der Waals surface area contributed by atoms with Gasteiger partial charge in [-0.15, -0.1) is 0 Å². The van der Waals surface area contributed by atoms with Crippen molar-refractivity contribution in [2.24, 2.45) is 0 Å². The third-order valence-electron chi connectivity index (χ3n) is 5.06. The van der Waals surface area contributed by atoms with Crippen LogP contribution in [0.25, 0.3) is 5.76 Å². The molecular weight excluding hydrogens is 386 g/mol. The number of amides is 1. The van der Waals surface area contributed by atoms with Crippen LogP contribution in [0, 0.1) is 0 Å². The monoisotopic (exact) mass is 411 g/mol. The third kappa shape index (κ3) is 4.02. The maximum atomic E-state index is 13.0. The zero-order chi connectivity index (χ0) is 21.7. The summed E-state index contributed by atoms with van der Waals surface area (Å²) in [5.74, 6) is -0.826. The summed E-state index contributed by atoms with van der Waals surface area (Å²) >= 11 is 0. The first-order valence-corrected chi connectivity index (χ1v) is 9.58. The van der Waals surface area contributed by atoms with Crippen molar-refractivity contribution in [3.05, 3.63) is 65.2 Å². The minimum absolute atomic E-state index is 0.0233. The van der Waals surface area contributed by atoms with Crippen molar-refractivity contribution in [2.75, 3.05) is 34.5 Å². The third-order valence-corrected chi connectivity index (χ3v) is 5.06. The summed E-state index contributed by atoms with van der Waals surface area (Å²) in [4.78, 5) is 27.3. The molecule has 7 heteroatoms. The highest BCUT2D eigenvalue weighted by Gasteiger charge is 2.46. The van der Waals surface area contributed by atoms with Gasteiger partial charge in [-0.1, -0.05) is 30.3 Å². The van der Waals surface area contributed by atoms with Crippen LogP contribution in [0.2, 0.25) is 0 Å². The quantitative estimate of drug-likeness (QED) is 0.311. The molecule has 0 aliphatic carbocycles. The normalized spacial score (nSPS) is 18.0. The van der Waals surface area contributed by atoms with Crippen molar-refractivity contribution < 1.29 is 28.9 Å². The van der Waals surface area contributed by atoms with Crippen molar-refractivity contribution in [1.29, 1.82) is 0 Å². The Morgan fingerprint density at radius 3 is 2.40 bits per heavy atom. The van der Waals surface area contributed by atoms with Crippen molar-refractivity contribution in [3.63, 3.8) is 0 Å². The Morgan fingerprint density at radius 2 is 1.77 bits per heavy atom. The Labute approximate surface area is 175 Å².